The van der Waals surface area contributed by atoms with Gasteiger partial charge in [0.05, 0.1) is 5.41 Å². The molecule has 0 radical (unpaired) electrons. The largest absolute Gasteiger partial charge is 0.481 e. The van der Waals surface area contributed by atoms with E-state index in [-0.39, 0.29) is 24.4 Å². The molecule has 1 saturated heterocycles. The molecule has 2 rings (SSSR count). The Kier molecular flexibility index (Phi) is 3.68. The molecule has 0 amide bonds. The van der Waals surface area contributed by atoms with Crippen LogP contribution in [0.4, 0.5) is 5.82 Å². The quantitative estimate of drug-likeness (QED) is 0.631. The van der Waals surface area contributed by atoms with Gasteiger partial charge in [-0.3, -0.25) is 4.79 Å². The van der Waals surface area contributed by atoms with Crippen LogP contribution in [0, 0.1) is 15.5 Å². The lowest BCUT2D eigenvalue weighted by atomic mass is 9.90. The van der Waals surface area contributed by atoms with Crippen molar-refractivity contribution >= 4 is 21.8 Å². The van der Waals surface area contributed by atoms with Crippen molar-refractivity contribution in [3.63, 3.8) is 0 Å². The molecule has 1 N–H and O–H groups in total. The van der Waals surface area contributed by atoms with E-state index >= 15 is 0 Å². The minimum absolute atomic E-state index is 0.0854. The Balaban J connectivity index is 2.27. The predicted octanol–water partition coefficient (Wildman–Crippen LogP) is 0.475. The van der Waals surface area contributed by atoms with Crippen LogP contribution in [0.3, 0.4) is 0 Å². The molecule has 114 valence electrons. The zero-order chi connectivity index (χ0) is 15.8. The van der Waals surface area contributed by atoms with Gasteiger partial charge in [0.1, 0.15) is 4.90 Å². The van der Waals surface area contributed by atoms with E-state index in [2.05, 4.69) is 4.98 Å². The van der Waals surface area contributed by atoms with E-state index in [4.69, 9.17) is 5.11 Å². The van der Waals surface area contributed by atoms with E-state index in [1.807, 2.05) is 0 Å². The molecule has 0 spiro atoms. The standard InChI is InChI=1S/C11H13N3O6S/c1-11(10(15)16)4-5-13(7-11)21(19,20)8-2-3-9(12-6-8)14(17)18/h2-3,6H,4-5,7H2,1H3,(H,15,16). The fraction of sp³-hybridized carbons (Fsp3) is 0.455. The zero-order valence-electron chi connectivity index (χ0n) is 11.1. The number of rotatable bonds is 4. The van der Waals surface area contributed by atoms with Crippen molar-refractivity contribution in [3.05, 3.63) is 28.4 Å². The highest BCUT2D eigenvalue weighted by Crippen LogP contribution is 2.33. The number of carbonyl (C=O) groups is 1. The maximum absolute atomic E-state index is 12.3. The summed E-state index contributed by atoms with van der Waals surface area (Å²) in [6.45, 7) is 1.43. The third kappa shape index (κ3) is 2.72. The first-order valence-electron chi connectivity index (χ1n) is 6.01. The molecular weight excluding hydrogens is 302 g/mol. The summed E-state index contributed by atoms with van der Waals surface area (Å²) in [7, 11) is -3.90. The lowest BCUT2D eigenvalue weighted by molar-refractivity contribution is -0.389. The Hall–Kier alpha value is -2.07. The van der Waals surface area contributed by atoms with Gasteiger partial charge in [-0.1, -0.05) is 0 Å². The Labute approximate surface area is 120 Å². The molecule has 21 heavy (non-hydrogen) atoms. The number of hydrogen-bond donors (Lipinski definition) is 1. The highest BCUT2D eigenvalue weighted by molar-refractivity contribution is 7.89. The summed E-state index contributed by atoms with van der Waals surface area (Å²) >= 11 is 0. The maximum Gasteiger partial charge on any atom is 0.363 e. The van der Waals surface area contributed by atoms with Gasteiger partial charge in [0.25, 0.3) is 0 Å². The van der Waals surface area contributed by atoms with Gasteiger partial charge in [-0.05, 0) is 29.3 Å². The molecular formula is C11H13N3O6S. The highest BCUT2D eigenvalue weighted by atomic mass is 32.2. The van der Waals surface area contributed by atoms with Crippen LogP contribution in [0.2, 0.25) is 0 Å². The van der Waals surface area contributed by atoms with Crippen LogP contribution in [-0.2, 0) is 14.8 Å². The van der Waals surface area contributed by atoms with E-state index in [0.29, 0.717) is 0 Å². The average Bonchev–Trinajstić information content (AvgIpc) is 2.84. The van der Waals surface area contributed by atoms with Gasteiger partial charge in [0, 0.05) is 19.2 Å². The van der Waals surface area contributed by atoms with Crippen molar-refractivity contribution in [2.45, 2.75) is 18.2 Å². The van der Waals surface area contributed by atoms with Gasteiger partial charge in [0.15, 0.2) is 6.20 Å². The summed E-state index contributed by atoms with van der Waals surface area (Å²) in [6, 6.07) is 2.09. The van der Waals surface area contributed by atoms with Gasteiger partial charge in [-0.2, -0.15) is 4.31 Å². The number of pyridine rings is 1. The molecule has 0 bridgehead atoms. The van der Waals surface area contributed by atoms with E-state index < -0.39 is 32.1 Å². The van der Waals surface area contributed by atoms with Crippen LogP contribution in [0.5, 0.6) is 0 Å². The number of aliphatic carboxylic acids is 1. The van der Waals surface area contributed by atoms with Crippen LogP contribution in [0.15, 0.2) is 23.2 Å². The van der Waals surface area contributed by atoms with Crippen molar-refractivity contribution in [1.29, 1.82) is 0 Å². The number of carboxylic acid groups (broad SMARTS) is 1. The Morgan fingerprint density at radius 3 is 2.62 bits per heavy atom. The fourth-order valence-electron chi connectivity index (χ4n) is 2.08. The average molecular weight is 315 g/mol. The third-order valence-corrected chi connectivity index (χ3v) is 5.33. The molecule has 1 aliphatic heterocycles. The Morgan fingerprint density at radius 1 is 1.52 bits per heavy atom. The number of sulfonamides is 1. The molecule has 1 atom stereocenters. The molecule has 9 nitrogen and oxygen atoms in total. The van der Waals surface area contributed by atoms with E-state index in [0.717, 1.165) is 22.6 Å². The second-order valence-corrected chi connectivity index (χ2v) is 7.00. The first kappa shape index (κ1) is 15.3. The Morgan fingerprint density at radius 2 is 2.19 bits per heavy atom. The normalized spacial score (nSPS) is 23.1. The zero-order valence-corrected chi connectivity index (χ0v) is 11.9. The van der Waals surface area contributed by atoms with Gasteiger partial charge in [-0.15, -0.1) is 0 Å². The maximum atomic E-state index is 12.3. The molecule has 1 unspecified atom stereocenters. The molecule has 2 heterocycles. The number of hydrogen-bond acceptors (Lipinski definition) is 6. The molecule has 1 aromatic heterocycles. The van der Waals surface area contributed by atoms with Crippen molar-refractivity contribution in [1.82, 2.24) is 9.29 Å². The topological polar surface area (TPSA) is 131 Å². The third-order valence-electron chi connectivity index (χ3n) is 3.50. The number of nitro groups is 1. The van der Waals surface area contributed by atoms with Crippen molar-refractivity contribution in [3.8, 4) is 0 Å². The van der Waals surface area contributed by atoms with Crippen LogP contribution in [0.25, 0.3) is 0 Å². The minimum Gasteiger partial charge on any atom is -0.481 e. The van der Waals surface area contributed by atoms with Crippen molar-refractivity contribution in [2.24, 2.45) is 5.41 Å². The first-order chi connectivity index (χ1) is 9.67. The van der Waals surface area contributed by atoms with Crippen LogP contribution in [-0.4, -0.2) is 46.8 Å². The van der Waals surface area contributed by atoms with Gasteiger partial charge in [-0.25, -0.2) is 8.42 Å². The number of nitrogens with zero attached hydrogens (tertiary/aromatic N) is 3. The summed E-state index contributed by atoms with van der Waals surface area (Å²) in [5.41, 5.74) is -1.12. The van der Waals surface area contributed by atoms with Gasteiger partial charge < -0.3 is 15.2 Å². The van der Waals surface area contributed by atoms with Crippen molar-refractivity contribution < 1.29 is 23.2 Å². The van der Waals surface area contributed by atoms with Crippen LogP contribution >= 0.6 is 0 Å². The lowest BCUT2D eigenvalue weighted by Gasteiger charge is -2.19. The minimum atomic E-state index is -3.90. The first-order valence-corrected chi connectivity index (χ1v) is 7.45. The molecule has 1 aromatic rings. The van der Waals surface area contributed by atoms with Crippen LogP contribution in [0.1, 0.15) is 13.3 Å². The van der Waals surface area contributed by atoms with E-state index in [1.54, 1.807) is 0 Å². The van der Waals surface area contributed by atoms with Gasteiger partial charge >= 0.3 is 11.8 Å². The second kappa shape index (κ2) is 5.04. The Bertz CT molecular complexity index is 686. The summed E-state index contributed by atoms with van der Waals surface area (Å²) in [4.78, 5) is 24.2. The summed E-state index contributed by atoms with van der Waals surface area (Å²) < 4.78 is 25.8. The van der Waals surface area contributed by atoms with E-state index in [1.165, 1.54) is 6.92 Å². The lowest BCUT2D eigenvalue weighted by Crippen LogP contribution is -2.34. The molecule has 1 aliphatic rings. The molecule has 0 saturated carbocycles. The predicted molar refractivity (Wildman–Crippen MR) is 70.0 cm³/mol. The summed E-state index contributed by atoms with van der Waals surface area (Å²) in [5.74, 6) is -1.51. The highest BCUT2D eigenvalue weighted by Gasteiger charge is 2.45. The van der Waals surface area contributed by atoms with Crippen molar-refractivity contribution in [2.75, 3.05) is 13.1 Å². The second-order valence-electron chi connectivity index (χ2n) is 5.06. The molecule has 0 aromatic carbocycles. The van der Waals surface area contributed by atoms with E-state index in [9.17, 15) is 23.3 Å². The number of aromatic nitrogens is 1. The molecule has 1 fully saturated rings. The fourth-order valence-corrected chi connectivity index (χ4v) is 3.59. The smallest absolute Gasteiger partial charge is 0.363 e. The SMILES string of the molecule is CC1(C(=O)O)CCN(S(=O)(=O)c2ccc([N+](=O)[O-])nc2)C1. The van der Waals surface area contributed by atoms with Gasteiger partial charge in [0.2, 0.25) is 10.0 Å². The number of carboxylic acids is 1. The van der Waals surface area contributed by atoms with Crippen LogP contribution < -0.4 is 0 Å². The molecule has 10 heteroatoms. The summed E-state index contributed by atoms with van der Waals surface area (Å²) in [6.07, 6.45) is 1.12. The molecule has 0 aliphatic carbocycles. The monoisotopic (exact) mass is 315 g/mol. The summed E-state index contributed by atoms with van der Waals surface area (Å²) in [5, 5.41) is 19.6.